The van der Waals surface area contributed by atoms with Crippen LogP contribution in [0.4, 0.5) is 0 Å². The monoisotopic (exact) mass is 277 g/mol. The Labute approximate surface area is 122 Å². The minimum atomic E-state index is 0.0295. The summed E-state index contributed by atoms with van der Waals surface area (Å²) in [6.45, 7) is 3.19. The molecule has 1 heterocycles. The highest BCUT2D eigenvalue weighted by atomic mass is 16.5. The Morgan fingerprint density at radius 2 is 2.30 bits per heavy atom. The van der Waals surface area contributed by atoms with E-state index < -0.39 is 0 Å². The first-order chi connectivity index (χ1) is 9.60. The number of ether oxygens (including phenoxy) is 1. The molecule has 4 heteroatoms. The molecule has 112 valence electrons. The SMILES string of the molecule is COc1cccc(C(N)CN(C)CC2CCCN2C)c1. The van der Waals surface area contributed by atoms with Gasteiger partial charge in [-0.15, -0.1) is 0 Å². The van der Waals surface area contributed by atoms with Crippen LogP contribution >= 0.6 is 0 Å². The standard InChI is InChI=1S/C16H27N3O/c1-18(11-14-7-5-9-19(14)2)12-16(17)13-6-4-8-15(10-13)20-3/h4,6,8,10,14,16H,5,7,9,11-12,17H2,1-3H3. The third-order valence-corrected chi connectivity index (χ3v) is 4.22. The fourth-order valence-electron chi connectivity index (χ4n) is 2.96. The van der Waals surface area contributed by atoms with E-state index in [1.54, 1.807) is 7.11 Å². The van der Waals surface area contributed by atoms with Gasteiger partial charge in [-0.1, -0.05) is 12.1 Å². The molecule has 0 aliphatic carbocycles. The molecule has 0 spiro atoms. The third-order valence-electron chi connectivity index (χ3n) is 4.22. The average molecular weight is 277 g/mol. The normalized spacial score (nSPS) is 21.4. The molecule has 0 aromatic heterocycles. The van der Waals surface area contributed by atoms with Gasteiger partial charge in [0.2, 0.25) is 0 Å². The van der Waals surface area contributed by atoms with Crippen LogP contribution in [-0.2, 0) is 0 Å². The van der Waals surface area contributed by atoms with E-state index in [1.165, 1.54) is 19.4 Å². The Balaban J connectivity index is 1.87. The second kappa shape index (κ2) is 7.07. The topological polar surface area (TPSA) is 41.7 Å². The zero-order valence-electron chi connectivity index (χ0n) is 12.9. The van der Waals surface area contributed by atoms with E-state index in [-0.39, 0.29) is 6.04 Å². The van der Waals surface area contributed by atoms with E-state index in [2.05, 4.69) is 30.0 Å². The van der Waals surface area contributed by atoms with Crippen LogP contribution in [0, 0.1) is 0 Å². The number of nitrogens with two attached hydrogens (primary N) is 1. The largest absolute Gasteiger partial charge is 0.497 e. The van der Waals surface area contributed by atoms with E-state index in [0.29, 0.717) is 6.04 Å². The lowest BCUT2D eigenvalue weighted by molar-refractivity contribution is 0.213. The molecule has 0 radical (unpaired) electrons. The van der Waals surface area contributed by atoms with E-state index in [9.17, 15) is 0 Å². The van der Waals surface area contributed by atoms with Crippen LogP contribution in [0.5, 0.6) is 5.75 Å². The number of benzene rings is 1. The van der Waals surface area contributed by atoms with Crippen molar-refractivity contribution >= 4 is 0 Å². The van der Waals surface area contributed by atoms with Crippen molar-refractivity contribution in [3.05, 3.63) is 29.8 Å². The van der Waals surface area contributed by atoms with Gasteiger partial charge < -0.3 is 20.3 Å². The summed E-state index contributed by atoms with van der Waals surface area (Å²) in [5, 5.41) is 0. The van der Waals surface area contributed by atoms with Crippen molar-refractivity contribution < 1.29 is 4.74 Å². The number of likely N-dealkylation sites (N-methyl/N-ethyl adjacent to an activating group) is 2. The van der Waals surface area contributed by atoms with Gasteiger partial charge in [0.1, 0.15) is 5.75 Å². The molecule has 1 saturated heterocycles. The number of likely N-dealkylation sites (tertiary alicyclic amines) is 1. The lowest BCUT2D eigenvalue weighted by Crippen LogP contribution is -2.39. The first-order valence-electron chi connectivity index (χ1n) is 7.38. The molecule has 1 aliphatic heterocycles. The van der Waals surface area contributed by atoms with E-state index in [1.807, 2.05) is 18.2 Å². The zero-order chi connectivity index (χ0) is 14.5. The van der Waals surface area contributed by atoms with Gasteiger partial charge in [0.25, 0.3) is 0 Å². The third kappa shape index (κ3) is 3.95. The van der Waals surface area contributed by atoms with Gasteiger partial charge in [0.05, 0.1) is 7.11 Å². The summed E-state index contributed by atoms with van der Waals surface area (Å²) in [6, 6.07) is 8.76. The summed E-state index contributed by atoms with van der Waals surface area (Å²) in [6.07, 6.45) is 2.62. The molecule has 1 aromatic carbocycles. The number of nitrogens with zero attached hydrogens (tertiary/aromatic N) is 2. The maximum Gasteiger partial charge on any atom is 0.119 e. The van der Waals surface area contributed by atoms with Crippen molar-refractivity contribution in [1.82, 2.24) is 9.80 Å². The lowest BCUT2D eigenvalue weighted by atomic mass is 10.1. The van der Waals surface area contributed by atoms with Crippen LogP contribution in [0.15, 0.2) is 24.3 Å². The molecular formula is C16H27N3O. The van der Waals surface area contributed by atoms with Crippen molar-refractivity contribution in [2.24, 2.45) is 5.73 Å². The summed E-state index contributed by atoms with van der Waals surface area (Å²) in [4.78, 5) is 4.80. The van der Waals surface area contributed by atoms with Crippen LogP contribution in [0.3, 0.4) is 0 Å². The maximum atomic E-state index is 6.32. The number of rotatable bonds is 6. The van der Waals surface area contributed by atoms with E-state index in [4.69, 9.17) is 10.5 Å². The predicted molar refractivity (Wildman–Crippen MR) is 83.1 cm³/mol. The van der Waals surface area contributed by atoms with E-state index >= 15 is 0 Å². The Bertz CT molecular complexity index is 424. The van der Waals surface area contributed by atoms with E-state index in [0.717, 1.165) is 24.4 Å². The fraction of sp³-hybridized carbons (Fsp3) is 0.625. The molecule has 2 unspecified atom stereocenters. The summed E-state index contributed by atoms with van der Waals surface area (Å²) < 4.78 is 5.26. The second-order valence-electron chi connectivity index (χ2n) is 5.88. The highest BCUT2D eigenvalue weighted by Crippen LogP contribution is 2.19. The summed E-state index contributed by atoms with van der Waals surface area (Å²) in [5.74, 6) is 0.871. The van der Waals surface area contributed by atoms with Crippen molar-refractivity contribution in [2.45, 2.75) is 24.9 Å². The quantitative estimate of drug-likeness (QED) is 0.860. The summed E-state index contributed by atoms with van der Waals surface area (Å²) >= 11 is 0. The summed E-state index contributed by atoms with van der Waals surface area (Å²) in [7, 11) is 6.06. The molecule has 2 N–H and O–H groups in total. The van der Waals surface area contributed by atoms with Crippen LogP contribution in [0.25, 0.3) is 0 Å². The Morgan fingerprint density at radius 1 is 1.50 bits per heavy atom. The average Bonchev–Trinajstić information content (AvgIpc) is 2.84. The van der Waals surface area contributed by atoms with Crippen LogP contribution in [-0.4, -0.2) is 56.7 Å². The van der Waals surface area contributed by atoms with Gasteiger partial charge in [-0.3, -0.25) is 0 Å². The van der Waals surface area contributed by atoms with Gasteiger partial charge in [-0.25, -0.2) is 0 Å². The van der Waals surface area contributed by atoms with Crippen LogP contribution in [0.2, 0.25) is 0 Å². The van der Waals surface area contributed by atoms with Gasteiger partial charge in [-0.2, -0.15) is 0 Å². The van der Waals surface area contributed by atoms with Gasteiger partial charge >= 0.3 is 0 Å². The first-order valence-corrected chi connectivity index (χ1v) is 7.38. The van der Waals surface area contributed by atoms with Crippen molar-refractivity contribution in [1.29, 1.82) is 0 Å². The van der Waals surface area contributed by atoms with Crippen molar-refractivity contribution in [2.75, 3.05) is 40.8 Å². The molecule has 20 heavy (non-hydrogen) atoms. The number of methoxy groups -OCH3 is 1. The van der Waals surface area contributed by atoms with Crippen LogP contribution in [0.1, 0.15) is 24.4 Å². The highest BCUT2D eigenvalue weighted by Gasteiger charge is 2.22. The van der Waals surface area contributed by atoms with Crippen LogP contribution < -0.4 is 10.5 Å². The molecule has 1 fully saturated rings. The maximum absolute atomic E-state index is 6.32. The molecule has 1 aromatic rings. The second-order valence-corrected chi connectivity index (χ2v) is 5.88. The lowest BCUT2D eigenvalue weighted by Gasteiger charge is -2.27. The van der Waals surface area contributed by atoms with Crippen molar-refractivity contribution in [3.8, 4) is 5.75 Å². The van der Waals surface area contributed by atoms with Gasteiger partial charge in [0.15, 0.2) is 0 Å². The fourth-order valence-corrected chi connectivity index (χ4v) is 2.96. The molecule has 4 nitrogen and oxygen atoms in total. The first kappa shape index (κ1) is 15.3. The molecule has 2 atom stereocenters. The molecule has 1 aliphatic rings. The molecule has 0 amide bonds. The molecular weight excluding hydrogens is 250 g/mol. The minimum Gasteiger partial charge on any atom is -0.497 e. The highest BCUT2D eigenvalue weighted by molar-refractivity contribution is 5.30. The molecule has 2 rings (SSSR count). The molecule has 0 bridgehead atoms. The zero-order valence-corrected chi connectivity index (χ0v) is 12.9. The Kier molecular flexibility index (Phi) is 5.40. The smallest absolute Gasteiger partial charge is 0.119 e. The number of hydrogen-bond acceptors (Lipinski definition) is 4. The minimum absolute atomic E-state index is 0.0295. The van der Waals surface area contributed by atoms with Crippen molar-refractivity contribution in [3.63, 3.8) is 0 Å². The van der Waals surface area contributed by atoms with Gasteiger partial charge in [0, 0.05) is 25.2 Å². The predicted octanol–water partition coefficient (Wildman–Crippen LogP) is 1.72. The summed E-state index contributed by atoms with van der Waals surface area (Å²) in [5.41, 5.74) is 7.45. The number of hydrogen-bond donors (Lipinski definition) is 1. The molecule has 0 saturated carbocycles. The van der Waals surface area contributed by atoms with Gasteiger partial charge in [-0.05, 0) is 51.2 Å². The Morgan fingerprint density at radius 3 is 2.95 bits per heavy atom. The Hall–Kier alpha value is -1.10.